The Kier molecular flexibility index (Phi) is 7.97. The van der Waals surface area contributed by atoms with Crippen molar-refractivity contribution in [3.05, 3.63) is 51.3 Å². The standard InChI is InChI=1S/C21H25BrF3N3O4/c1-6-31-18(29)17-26-14(15(27-17)16(24)25)10-21(5,28-19(30)32-20(2,3)4)12-9-11(22)7-8-13(12)23/h7-9,16H,6,10H2,1-5H3,(H,26,27)(H,28,30)/t21-/m1/s1. The lowest BCUT2D eigenvalue weighted by Crippen LogP contribution is -2.48. The molecule has 1 aromatic carbocycles. The molecule has 0 spiro atoms. The first-order valence-corrected chi connectivity index (χ1v) is 10.6. The molecule has 0 fully saturated rings. The molecule has 0 aliphatic heterocycles. The predicted octanol–water partition coefficient (Wildman–Crippen LogP) is 5.41. The molecule has 0 saturated heterocycles. The summed E-state index contributed by atoms with van der Waals surface area (Å²) in [7, 11) is 0. The zero-order valence-electron chi connectivity index (χ0n) is 18.3. The molecule has 1 aromatic heterocycles. The van der Waals surface area contributed by atoms with Crippen LogP contribution in [0.25, 0.3) is 0 Å². The van der Waals surface area contributed by atoms with Gasteiger partial charge in [-0.25, -0.2) is 27.7 Å². The van der Waals surface area contributed by atoms with Gasteiger partial charge in [0, 0.05) is 22.2 Å². The third kappa shape index (κ3) is 6.47. The molecule has 32 heavy (non-hydrogen) atoms. The molecule has 2 N–H and O–H groups in total. The van der Waals surface area contributed by atoms with Gasteiger partial charge in [0.05, 0.1) is 12.1 Å². The zero-order valence-corrected chi connectivity index (χ0v) is 19.9. The summed E-state index contributed by atoms with van der Waals surface area (Å²) in [5, 5.41) is 2.58. The molecule has 1 amide bonds. The Bertz CT molecular complexity index is 991. The Labute approximate surface area is 192 Å². The SMILES string of the molecule is CCOC(=O)c1nc(C(F)F)c(C[C@@](C)(NC(=O)OC(C)(C)C)c2cc(Br)ccc2F)[nH]1. The van der Waals surface area contributed by atoms with Crippen molar-refractivity contribution in [3.63, 3.8) is 0 Å². The molecule has 1 heterocycles. The summed E-state index contributed by atoms with van der Waals surface area (Å²) < 4.78 is 52.7. The minimum atomic E-state index is -3.03. The highest BCUT2D eigenvalue weighted by molar-refractivity contribution is 9.10. The van der Waals surface area contributed by atoms with Crippen LogP contribution in [0, 0.1) is 5.82 Å². The Morgan fingerprint density at radius 1 is 1.25 bits per heavy atom. The molecule has 2 aromatic rings. The van der Waals surface area contributed by atoms with Gasteiger partial charge in [-0.2, -0.15) is 0 Å². The summed E-state index contributed by atoms with van der Waals surface area (Å²) >= 11 is 3.26. The number of nitrogens with one attached hydrogen (secondary N) is 2. The van der Waals surface area contributed by atoms with E-state index in [0.717, 1.165) is 0 Å². The van der Waals surface area contributed by atoms with Crippen LogP contribution < -0.4 is 5.32 Å². The number of benzene rings is 1. The van der Waals surface area contributed by atoms with Crippen LogP contribution in [0.5, 0.6) is 0 Å². The zero-order chi connectivity index (χ0) is 24.3. The van der Waals surface area contributed by atoms with Gasteiger partial charge >= 0.3 is 12.1 Å². The number of aromatic amines is 1. The number of rotatable bonds is 7. The van der Waals surface area contributed by atoms with E-state index in [-0.39, 0.29) is 24.3 Å². The highest BCUT2D eigenvalue weighted by Gasteiger charge is 2.37. The Balaban J connectivity index is 2.55. The first-order chi connectivity index (χ1) is 14.8. The number of halogens is 4. The Morgan fingerprint density at radius 3 is 2.47 bits per heavy atom. The van der Waals surface area contributed by atoms with Crippen molar-refractivity contribution in [1.82, 2.24) is 15.3 Å². The summed E-state index contributed by atoms with van der Waals surface area (Å²) in [4.78, 5) is 30.7. The molecule has 0 aliphatic rings. The topological polar surface area (TPSA) is 93.3 Å². The predicted molar refractivity (Wildman–Crippen MR) is 114 cm³/mol. The van der Waals surface area contributed by atoms with Crippen LogP contribution in [-0.2, 0) is 21.4 Å². The van der Waals surface area contributed by atoms with Crippen LogP contribution in [0.3, 0.4) is 0 Å². The van der Waals surface area contributed by atoms with Crippen LogP contribution in [0.4, 0.5) is 18.0 Å². The van der Waals surface area contributed by atoms with Crippen LogP contribution >= 0.6 is 15.9 Å². The summed E-state index contributed by atoms with van der Waals surface area (Å²) in [6.45, 7) is 8.01. The van der Waals surface area contributed by atoms with Crippen molar-refractivity contribution in [2.24, 2.45) is 0 Å². The Morgan fingerprint density at radius 2 is 1.91 bits per heavy atom. The minimum Gasteiger partial charge on any atom is -0.460 e. The van der Waals surface area contributed by atoms with Crippen LogP contribution in [0.15, 0.2) is 22.7 Å². The maximum absolute atomic E-state index is 14.8. The number of carbonyl (C=O) groups excluding carboxylic acids is 2. The molecule has 11 heteroatoms. The summed E-state index contributed by atoms with van der Waals surface area (Å²) in [6.07, 6.45) is -4.24. The van der Waals surface area contributed by atoms with E-state index in [1.165, 1.54) is 25.1 Å². The van der Waals surface area contributed by atoms with Gasteiger partial charge < -0.3 is 19.8 Å². The third-order valence-corrected chi connectivity index (χ3v) is 4.81. The second-order valence-corrected chi connectivity index (χ2v) is 9.15. The van der Waals surface area contributed by atoms with Crippen molar-refractivity contribution in [2.75, 3.05) is 6.61 Å². The molecule has 0 bridgehead atoms. The number of amides is 1. The summed E-state index contributed by atoms with van der Waals surface area (Å²) in [5.74, 6) is -1.99. The second kappa shape index (κ2) is 9.93. The molecular weight excluding hydrogens is 495 g/mol. The van der Waals surface area contributed by atoms with Gasteiger partial charge in [-0.05, 0) is 52.8 Å². The molecular formula is C21H25BrF3N3O4. The Hall–Kier alpha value is -2.56. The number of alkyl halides is 2. The first kappa shape index (κ1) is 25.7. The number of hydrogen-bond donors (Lipinski definition) is 2. The lowest BCUT2D eigenvalue weighted by Gasteiger charge is -2.33. The molecule has 176 valence electrons. The van der Waals surface area contributed by atoms with Gasteiger partial charge in [-0.15, -0.1) is 0 Å². The summed E-state index contributed by atoms with van der Waals surface area (Å²) in [6, 6.07) is 4.07. The van der Waals surface area contributed by atoms with E-state index in [0.29, 0.717) is 4.47 Å². The van der Waals surface area contributed by atoms with Crippen LogP contribution in [0.2, 0.25) is 0 Å². The van der Waals surface area contributed by atoms with Gasteiger partial charge in [0.2, 0.25) is 5.82 Å². The third-order valence-electron chi connectivity index (χ3n) is 4.32. The molecule has 2 rings (SSSR count). The van der Waals surface area contributed by atoms with E-state index in [1.54, 1.807) is 27.7 Å². The van der Waals surface area contributed by atoms with E-state index in [2.05, 4.69) is 31.2 Å². The number of hydrogen-bond acceptors (Lipinski definition) is 5. The summed E-state index contributed by atoms with van der Waals surface area (Å²) in [5.41, 5.74) is -3.22. The van der Waals surface area contributed by atoms with Gasteiger partial charge in [0.1, 0.15) is 17.1 Å². The fourth-order valence-corrected chi connectivity index (χ4v) is 3.40. The maximum atomic E-state index is 14.8. The number of ether oxygens (including phenoxy) is 2. The number of aromatic nitrogens is 2. The largest absolute Gasteiger partial charge is 0.460 e. The van der Waals surface area contributed by atoms with E-state index in [9.17, 15) is 22.8 Å². The van der Waals surface area contributed by atoms with Crippen molar-refractivity contribution in [3.8, 4) is 0 Å². The normalized spacial score (nSPS) is 13.6. The number of alkyl carbamates (subject to hydrolysis) is 1. The lowest BCUT2D eigenvalue weighted by molar-refractivity contribution is 0.0455. The van der Waals surface area contributed by atoms with Gasteiger partial charge in [0.15, 0.2) is 0 Å². The average Bonchev–Trinajstić information content (AvgIpc) is 3.06. The number of carbonyl (C=O) groups is 2. The fraction of sp³-hybridized carbons (Fsp3) is 0.476. The molecule has 0 saturated carbocycles. The lowest BCUT2D eigenvalue weighted by atomic mass is 9.86. The van der Waals surface area contributed by atoms with Crippen LogP contribution in [0.1, 0.15) is 68.6 Å². The van der Waals surface area contributed by atoms with Gasteiger partial charge in [-0.3, -0.25) is 0 Å². The second-order valence-electron chi connectivity index (χ2n) is 8.23. The molecule has 0 aliphatic carbocycles. The number of H-pyrrole nitrogens is 1. The monoisotopic (exact) mass is 519 g/mol. The van der Waals surface area contributed by atoms with Gasteiger partial charge in [0.25, 0.3) is 6.43 Å². The van der Waals surface area contributed by atoms with Crippen molar-refractivity contribution in [2.45, 2.75) is 58.6 Å². The molecule has 7 nitrogen and oxygen atoms in total. The molecule has 0 unspecified atom stereocenters. The van der Waals surface area contributed by atoms with Crippen molar-refractivity contribution >= 4 is 28.0 Å². The van der Waals surface area contributed by atoms with E-state index in [4.69, 9.17) is 9.47 Å². The first-order valence-electron chi connectivity index (χ1n) is 9.76. The van der Waals surface area contributed by atoms with Crippen molar-refractivity contribution < 1.29 is 32.2 Å². The molecule has 0 radical (unpaired) electrons. The molecule has 1 atom stereocenters. The highest BCUT2D eigenvalue weighted by Crippen LogP contribution is 2.33. The van der Waals surface area contributed by atoms with E-state index >= 15 is 0 Å². The average molecular weight is 520 g/mol. The number of esters is 1. The number of nitrogens with zero attached hydrogens (tertiary/aromatic N) is 1. The smallest absolute Gasteiger partial charge is 0.408 e. The van der Waals surface area contributed by atoms with E-state index in [1.807, 2.05) is 0 Å². The fourth-order valence-electron chi connectivity index (χ4n) is 3.04. The highest BCUT2D eigenvalue weighted by atomic mass is 79.9. The van der Waals surface area contributed by atoms with E-state index < -0.39 is 47.0 Å². The van der Waals surface area contributed by atoms with Crippen LogP contribution in [-0.4, -0.2) is 34.2 Å². The number of imidazole rings is 1. The maximum Gasteiger partial charge on any atom is 0.408 e. The quantitative estimate of drug-likeness (QED) is 0.477. The van der Waals surface area contributed by atoms with Gasteiger partial charge in [-0.1, -0.05) is 15.9 Å². The van der Waals surface area contributed by atoms with Crippen molar-refractivity contribution in [1.29, 1.82) is 0 Å². The minimum absolute atomic E-state index is 0.0187.